The normalized spacial score (nSPS) is 31.9. The molecule has 1 aromatic heterocycles. The number of aliphatic hydroxyl groups is 4. The highest BCUT2D eigenvalue weighted by atomic mass is 16.6. The summed E-state index contributed by atoms with van der Waals surface area (Å²) in [6.07, 6.45) is -6.43. The first-order valence-corrected chi connectivity index (χ1v) is 7.58. The Morgan fingerprint density at radius 2 is 1.92 bits per heavy atom. The van der Waals surface area contributed by atoms with Crippen LogP contribution in [0.15, 0.2) is 24.3 Å². The van der Waals surface area contributed by atoms with Crippen molar-refractivity contribution in [2.45, 2.75) is 37.3 Å². The van der Waals surface area contributed by atoms with Gasteiger partial charge in [-0.1, -0.05) is 17.3 Å². The van der Waals surface area contributed by atoms with Gasteiger partial charge in [-0.2, -0.15) is 0 Å². The van der Waals surface area contributed by atoms with Crippen molar-refractivity contribution in [2.24, 2.45) is 0 Å². The van der Waals surface area contributed by atoms with E-state index in [1.165, 1.54) is 4.68 Å². The first kappa shape index (κ1) is 15.5. The Morgan fingerprint density at radius 1 is 1.12 bits per heavy atom. The molecule has 128 valence electrons. The van der Waals surface area contributed by atoms with Gasteiger partial charge < -0.3 is 29.9 Å². The zero-order valence-corrected chi connectivity index (χ0v) is 12.6. The first-order chi connectivity index (χ1) is 11.6. The van der Waals surface area contributed by atoms with Crippen LogP contribution in [0.5, 0.6) is 5.75 Å². The molecule has 1 aromatic carbocycles. The summed E-state index contributed by atoms with van der Waals surface area (Å²) in [6, 6.07) is 7.31. The van der Waals surface area contributed by atoms with Crippen molar-refractivity contribution in [3.8, 4) is 17.0 Å². The van der Waals surface area contributed by atoms with Gasteiger partial charge in [-0.05, 0) is 12.1 Å². The minimum absolute atomic E-state index is 0.226. The first-order valence-electron chi connectivity index (χ1n) is 7.58. The van der Waals surface area contributed by atoms with Crippen molar-refractivity contribution in [2.75, 3.05) is 6.61 Å². The highest BCUT2D eigenvalue weighted by molar-refractivity contribution is 5.70. The molecule has 5 atom stereocenters. The summed E-state index contributed by atoms with van der Waals surface area (Å²) in [4.78, 5) is 0. The van der Waals surface area contributed by atoms with Crippen molar-refractivity contribution < 1.29 is 29.9 Å². The number of aliphatic hydroxyl groups excluding tert-OH is 4. The van der Waals surface area contributed by atoms with Crippen molar-refractivity contribution in [1.82, 2.24) is 15.0 Å². The van der Waals surface area contributed by atoms with E-state index in [-0.39, 0.29) is 6.61 Å². The molecule has 4 rings (SSSR count). The summed E-state index contributed by atoms with van der Waals surface area (Å²) in [6.45, 7) is -0.276. The van der Waals surface area contributed by atoms with Crippen molar-refractivity contribution >= 4 is 0 Å². The molecule has 0 amide bonds. The monoisotopic (exact) mass is 335 g/mol. The second-order valence-corrected chi connectivity index (χ2v) is 5.83. The maximum Gasteiger partial charge on any atom is 0.181 e. The zero-order valence-electron chi connectivity index (χ0n) is 12.6. The zero-order chi connectivity index (χ0) is 16.8. The van der Waals surface area contributed by atoms with E-state index in [4.69, 9.17) is 9.47 Å². The summed E-state index contributed by atoms with van der Waals surface area (Å²) in [5.41, 5.74) is 1.92. The molecular formula is C15H17N3O6. The van der Waals surface area contributed by atoms with Gasteiger partial charge >= 0.3 is 0 Å². The number of hydrogen-bond acceptors (Lipinski definition) is 8. The van der Waals surface area contributed by atoms with E-state index < -0.39 is 37.3 Å². The Hall–Kier alpha value is -2.04. The molecule has 2 aliphatic heterocycles. The van der Waals surface area contributed by atoms with Crippen LogP contribution in [0.2, 0.25) is 0 Å². The van der Waals surface area contributed by atoms with E-state index in [2.05, 4.69) is 10.3 Å². The number of nitrogens with zero attached hydrogens (tertiary/aromatic N) is 3. The molecule has 24 heavy (non-hydrogen) atoms. The van der Waals surface area contributed by atoms with Crippen molar-refractivity contribution in [3.05, 3.63) is 30.0 Å². The molecule has 3 heterocycles. The van der Waals surface area contributed by atoms with Crippen LogP contribution in [0.1, 0.15) is 11.9 Å². The van der Waals surface area contributed by atoms with Gasteiger partial charge in [0.2, 0.25) is 0 Å². The van der Waals surface area contributed by atoms with Gasteiger partial charge in [-0.15, -0.1) is 5.10 Å². The number of rotatable bonds is 2. The largest absolute Gasteiger partial charge is 0.486 e. The van der Waals surface area contributed by atoms with E-state index in [1.54, 1.807) is 0 Å². The second-order valence-electron chi connectivity index (χ2n) is 5.83. The van der Waals surface area contributed by atoms with E-state index >= 15 is 0 Å². The number of para-hydroxylation sites is 1. The third-order valence-electron chi connectivity index (χ3n) is 4.38. The van der Waals surface area contributed by atoms with Crippen LogP contribution < -0.4 is 4.74 Å². The Kier molecular flexibility index (Phi) is 3.74. The maximum atomic E-state index is 10.3. The van der Waals surface area contributed by atoms with Gasteiger partial charge in [0.1, 0.15) is 48.2 Å². The van der Waals surface area contributed by atoms with Gasteiger partial charge in [0.15, 0.2) is 6.23 Å². The van der Waals surface area contributed by atoms with Crippen molar-refractivity contribution in [3.63, 3.8) is 0 Å². The van der Waals surface area contributed by atoms with Crippen LogP contribution in [0, 0.1) is 0 Å². The average Bonchev–Trinajstić information content (AvgIpc) is 3.04. The predicted octanol–water partition coefficient (Wildman–Crippen LogP) is -1.19. The van der Waals surface area contributed by atoms with E-state index in [0.29, 0.717) is 17.1 Å². The lowest BCUT2D eigenvalue weighted by Gasteiger charge is -2.40. The highest BCUT2D eigenvalue weighted by Gasteiger charge is 2.46. The second kappa shape index (κ2) is 5.80. The van der Waals surface area contributed by atoms with E-state index in [9.17, 15) is 20.4 Å². The molecule has 9 nitrogen and oxygen atoms in total. The molecule has 4 N–H and O–H groups in total. The third kappa shape index (κ3) is 2.21. The fraction of sp³-hybridized carbons (Fsp3) is 0.467. The van der Waals surface area contributed by atoms with Gasteiger partial charge in [-0.25, -0.2) is 4.68 Å². The number of fused-ring (bicyclic) bond motifs is 3. The fourth-order valence-electron chi connectivity index (χ4n) is 3.10. The Balaban J connectivity index is 1.78. The maximum absolute atomic E-state index is 10.3. The molecule has 0 bridgehead atoms. The smallest absolute Gasteiger partial charge is 0.181 e. The summed E-state index contributed by atoms with van der Waals surface area (Å²) in [5, 5.41) is 47.6. The minimum Gasteiger partial charge on any atom is -0.486 e. The molecule has 1 saturated heterocycles. The van der Waals surface area contributed by atoms with Crippen LogP contribution >= 0.6 is 0 Å². The molecule has 9 heteroatoms. The molecule has 0 saturated carbocycles. The number of benzene rings is 1. The standard InChI is InChI=1S/C15H17N3O6/c19-5-10-12(20)13(21)14(22)15(24-10)18-11-7-3-1-2-4-9(7)23-6-8(11)16-17-18/h1-4,10,12-15,19-22H,5-6H2/t10-,12-,13+,14-,15-/m1/s1. The Bertz CT molecular complexity index is 749. The number of aromatic nitrogens is 3. The van der Waals surface area contributed by atoms with Crippen molar-refractivity contribution in [1.29, 1.82) is 0 Å². The SMILES string of the molecule is OC[C@H]1O[C@@H](n2nnc3c2-c2ccccc2OC3)[C@H](O)[C@@H](O)[C@@H]1O. The molecule has 2 aromatic rings. The Labute approximate surface area is 136 Å². The lowest BCUT2D eigenvalue weighted by Crippen LogP contribution is -2.56. The third-order valence-corrected chi connectivity index (χ3v) is 4.38. The molecular weight excluding hydrogens is 318 g/mol. The lowest BCUT2D eigenvalue weighted by atomic mass is 9.98. The molecule has 2 aliphatic rings. The molecule has 0 radical (unpaired) electrons. The molecule has 0 unspecified atom stereocenters. The lowest BCUT2D eigenvalue weighted by molar-refractivity contribution is -0.253. The van der Waals surface area contributed by atoms with E-state index in [0.717, 1.165) is 5.56 Å². The average molecular weight is 335 g/mol. The molecule has 1 fully saturated rings. The quantitative estimate of drug-likeness (QED) is 0.539. The summed E-state index contributed by atoms with van der Waals surface area (Å²) in [7, 11) is 0. The topological polar surface area (TPSA) is 130 Å². The van der Waals surface area contributed by atoms with Gasteiger partial charge in [0.05, 0.1) is 6.61 Å². The van der Waals surface area contributed by atoms with E-state index in [1.807, 2.05) is 24.3 Å². The predicted molar refractivity (Wildman–Crippen MR) is 78.8 cm³/mol. The Morgan fingerprint density at radius 3 is 2.71 bits per heavy atom. The summed E-state index contributed by atoms with van der Waals surface area (Å²) >= 11 is 0. The van der Waals surface area contributed by atoms with Crippen LogP contribution in [0.25, 0.3) is 11.3 Å². The summed E-state index contributed by atoms with van der Waals surface area (Å²) in [5.74, 6) is 0.651. The van der Waals surface area contributed by atoms with Gasteiger partial charge in [0.25, 0.3) is 0 Å². The highest BCUT2D eigenvalue weighted by Crippen LogP contribution is 2.39. The number of ether oxygens (including phenoxy) is 2. The minimum atomic E-state index is -1.48. The fourth-order valence-corrected chi connectivity index (χ4v) is 3.10. The van der Waals surface area contributed by atoms with Crippen LogP contribution in [-0.4, -0.2) is 66.4 Å². The van der Waals surface area contributed by atoms with Gasteiger partial charge in [0, 0.05) is 5.56 Å². The molecule has 0 spiro atoms. The van der Waals surface area contributed by atoms with Crippen LogP contribution in [0.3, 0.4) is 0 Å². The number of hydrogen-bond donors (Lipinski definition) is 4. The molecule has 0 aliphatic carbocycles. The van der Waals surface area contributed by atoms with Gasteiger partial charge in [-0.3, -0.25) is 0 Å². The summed E-state index contributed by atoms with van der Waals surface area (Å²) < 4.78 is 12.5. The van der Waals surface area contributed by atoms with Crippen LogP contribution in [0.4, 0.5) is 0 Å². The van der Waals surface area contributed by atoms with Crippen LogP contribution in [-0.2, 0) is 11.3 Å².